The lowest BCUT2D eigenvalue weighted by Gasteiger charge is -2.29. The second kappa shape index (κ2) is 17.1. The Kier molecular flexibility index (Phi) is 14.7. The number of nitrogens with one attached hydrogen (secondary N) is 5. The molecule has 0 unspecified atom stereocenters. The van der Waals surface area contributed by atoms with Gasteiger partial charge in [0.1, 0.15) is 36.8 Å². The quantitative estimate of drug-likeness (QED) is 0.0844. The normalized spacial score (nSPS) is 17.9. The number of hydrogen-bond acceptors (Lipinski definition) is 9. The molecule has 1 heterocycles. The van der Waals surface area contributed by atoms with Crippen molar-refractivity contribution in [3.8, 4) is 0 Å². The molecule has 1 saturated heterocycles. The van der Waals surface area contributed by atoms with Crippen LogP contribution >= 0.6 is 0 Å². The Hall–Kier alpha value is -4.28. The molecule has 7 amide bonds. The monoisotopic (exact) mass is 626 g/mol. The third kappa shape index (κ3) is 11.4. The van der Waals surface area contributed by atoms with Crippen molar-refractivity contribution in [2.75, 3.05) is 13.1 Å². The molecule has 0 aliphatic carbocycles. The van der Waals surface area contributed by atoms with Crippen LogP contribution in [0, 0.1) is 11.8 Å². The lowest BCUT2D eigenvalue weighted by molar-refractivity contribution is -0.140. The zero-order valence-corrected chi connectivity index (χ0v) is 26.0. The number of carbonyl (C=O) groups is 8. The predicted molar refractivity (Wildman–Crippen MR) is 156 cm³/mol. The minimum atomic E-state index is -1.53. The Morgan fingerprint density at radius 1 is 0.795 bits per heavy atom. The van der Waals surface area contributed by atoms with Crippen LogP contribution in [0.4, 0.5) is 0 Å². The van der Waals surface area contributed by atoms with Crippen molar-refractivity contribution in [3.63, 3.8) is 0 Å². The molecule has 1 aliphatic rings. The van der Waals surface area contributed by atoms with E-state index >= 15 is 0 Å². The SMILES string of the molecule is CC(C)[C@H](NC(=O)[C@H](C)NC(=O)[C@@H]1CCCN1C(=O)[C@H](C)N)C(=O)N[C@@H](CC(N)=O)C(=O)N[C@H](C(=O)NCC(=O)O)C(C)C. The fourth-order valence-electron chi connectivity index (χ4n) is 4.49. The smallest absolute Gasteiger partial charge is 0.322 e. The van der Waals surface area contributed by atoms with E-state index in [0.717, 1.165) is 0 Å². The number of carbonyl (C=O) groups excluding carboxylic acids is 7. The van der Waals surface area contributed by atoms with Gasteiger partial charge < -0.3 is 48.1 Å². The summed E-state index contributed by atoms with van der Waals surface area (Å²) >= 11 is 0. The molecule has 44 heavy (non-hydrogen) atoms. The number of hydrogen-bond donors (Lipinski definition) is 8. The van der Waals surface area contributed by atoms with Gasteiger partial charge in [0.05, 0.1) is 12.5 Å². The van der Waals surface area contributed by atoms with E-state index in [1.807, 2.05) is 0 Å². The van der Waals surface area contributed by atoms with Gasteiger partial charge in [-0.15, -0.1) is 0 Å². The van der Waals surface area contributed by atoms with Gasteiger partial charge in [0.25, 0.3) is 0 Å². The molecule has 17 heteroatoms. The molecule has 248 valence electrons. The summed E-state index contributed by atoms with van der Waals surface area (Å²) in [6.45, 7) is 9.03. The first-order valence-corrected chi connectivity index (χ1v) is 14.4. The molecule has 6 atom stereocenters. The summed E-state index contributed by atoms with van der Waals surface area (Å²) in [6.07, 6.45) is 0.359. The summed E-state index contributed by atoms with van der Waals surface area (Å²) in [4.78, 5) is 101. The number of carboxylic acids is 1. The number of rotatable bonds is 16. The number of nitrogens with zero attached hydrogens (tertiary/aromatic N) is 1. The van der Waals surface area contributed by atoms with Crippen molar-refractivity contribution in [1.29, 1.82) is 0 Å². The van der Waals surface area contributed by atoms with Crippen LogP contribution in [0.25, 0.3) is 0 Å². The van der Waals surface area contributed by atoms with Gasteiger partial charge in [0.15, 0.2) is 0 Å². The Morgan fingerprint density at radius 2 is 1.34 bits per heavy atom. The van der Waals surface area contributed by atoms with Crippen molar-refractivity contribution >= 4 is 47.3 Å². The highest BCUT2D eigenvalue weighted by molar-refractivity contribution is 5.98. The molecule has 0 spiro atoms. The lowest BCUT2D eigenvalue weighted by Crippen LogP contribution is -2.60. The van der Waals surface area contributed by atoms with Gasteiger partial charge >= 0.3 is 5.97 Å². The third-order valence-corrected chi connectivity index (χ3v) is 6.93. The first-order chi connectivity index (χ1) is 20.4. The summed E-state index contributed by atoms with van der Waals surface area (Å²) in [7, 11) is 0. The van der Waals surface area contributed by atoms with Gasteiger partial charge in [-0.05, 0) is 38.5 Å². The van der Waals surface area contributed by atoms with Gasteiger partial charge in [-0.25, -0.2) is 0 Å². The van der Waals surface area contributed by atoms with E-state index in [9.17, 15) is 38.4 Å². The highest BCUT2D eigenvalue weighted by atomic mass is 16.4. The highest BCUT2D eigenvalue weighted by Crippen LogP contribution is 2.18. The minimum absolute atomic E-state index is 0.361. The zero-order chi connectivity index (χ0) is 33.9. The van der Waals surface area contributed by atoms with E-state index in [1.165, 1.54) is 18.7 Å². The minimum Gasteiger partial charge on any atom is -0.480 e. The Morgan fingerprint density at radius 3 is 1.84 bits per heavy atom. The van der Waals surface area contributed by atoms with E-state index in [0.29, 0.717) is 19.4 Å². The summed E-state index contributed by atoms with van der Waals surface area (Å²) in [5.41, 5.74) is 11.0. The van der Waals surface area contributed by atoms with Crippen LogP contribution in [0.1, 0.15) is 60.8 Å². The van der Waals surface area contributed by atoms with Crippen LogP contribution in [-0.4, -0.2) is 107 Å². The van der Waals surface area contributed by atoms with E-state index in [1.54, 1.807) is 27.7 Å². The second-order valence-electron chi connectivity index (χ2n) is 11.5. The van der Waals surface area contributed by atoms with Crippen molar-refractivity contribution in [1.82, 2.24) is 31.5 Å². The van der Waals surface area contributed by atoms with Gasteiger partial charge in [-0.2, -0.15) is 0 Å². The standard InChI is InChI=1S/C27H46N8O9/c1-12(2)20(25(42)30-11-19(37)38)34-23(40)16(10-18(29)36)32-26(43)21(13(3)4)33-22(39)15(6)31-24(41)17-8-7-9-35(17)27(44)14(5)28/h12-17,20-21H,7-11,28H2,1-6H3,(H2,29,36)(H,30,42)(H,31,41)(H,32,43)(H,33,39)(H,34,40)(H,37,38)/t14-,15-,16-,17-,20-,21-/m0/s1. The van der Waals surface area contributed by atoms with Crippen molar-refractivity contribution in [2.45, 2.75) is 97.1 Å². The van der Waals surface area contributed by atoms with Gasteiger partial charge in [-0.1, -0.05) is 27.7 Å². The third-order valence-electron chi connectivity index (χ3n) is 6.93. The van der Waals surface area contributed by atoms with Crippen LogP contribution in [0.2, 0.25) is 0 Å². The maximum atomic E-state index is 13.2. The van der Waals surface area contributed by atoms with Crippen LogP contribution < -0.4 is 38.1 Å². The molecule has 1 rings (SSSR count). The average Bonchev–Trinajstić information content (AvgIpc) is 3.41. The number of primary amides is 1. The maximum Gasteiger partial charge on any atom is 0.322 e. The Bertz CT molecular complexity index is 1110. The number of carboxylic acid groups (broad SMARTS) is 1. The van der Waals surface area contributed by atoms with Gasteiger partial charge in [0, 0.05) is 6.54 Å². The number of amides is 7. The Labute approximate surface area is 255 Å². The molecule has 0 bridgehead atoms. The predicted octanol–water partition coefficient (Wildman–Crippen LogP) is -3.33. The van der Waals surface area contributed by atoms with E-state index in [4.69, 9.17) is 16.6 Å². The van der Waals surface area contributed by atoms with Crippen LogP contribution in [0.5, 0.6) is 0 Å². The maximum absolute atomic E-state index is 13.2. The van der Waals surface area contributed by atoms with Crippen molar-refractivity contribution in [2.24, 2.45) is 23.3 Å². The van der Waals surface area contributed by atoms with E-state index in [-0.39, 0.29) is 5.91 Å². The number of likely N-dealkylation sites (tertiary alicyclic amines) is 1. The zero-order valence-electron chi connectivity index (χ0n) is 26.0. The molecular weight excluding hydrogens is 580 g/mol. The highest BCUT2D eigenvalue weighted by Gasteiger charge is 2.37. The van der Waals surface area contributed by atoms with Crippen molar-refractivity contribution < 1.29 is 43.5 Å². The van der Waals surface area contributed by atoms with Gasteiger partial charge in [-0.3, -0.25) is 38.4 Å². The molecule has 0 saturated carbocycles. The molecular formula is C27H46N8O9. The summed E-state index contributed by atoms with van der Waals surface area (Å²) < 4.78 is 0. The lowest BCUT2D eigenvalue weighted by atomic mass is 10.0. The molecule has 1 aliphatic heterocycles. The molecule has 0 aromatic rings. The average molecular weight is 627 g/mol. The molecule has 0 radical (unpaired) electrons. The fourth-order valence-corrected chi connectivity index (χ4v) is 4.49. The van der Waals surface area contributed by atoms with Gasteiger partial charge in [0.2, 0.25) is 41.4 Å². The van der Waals surface area contributed by atoms with Crippen LogP contribution in [-0.2, 0) is 38.4 Å². The topological polar surface area (TPSA) is 272 Å². The molecule has 0 aromatic heterocycles. The summed E-state index contributed by atoms with van der Waals surface area (Å²) in [5.74, 6) is -7.45. The van der Waals surface area contributed by atoms with Crippen molar-refractivity contribution in [3.05, 3.63) is 0 Å². The van der Waals surface area contributed by atoms with E-state index < -0.39 is 102 Å². The Balaban J connectivity index is 2.97. The fraction of sp³-hybridized carbons (Fsp3) is 0.704. The molecule has 10 N–H and O–H groups in total. The molecule has 0 aromatic carbocycles. The molecule has 1 fully saturated rings. The number of nitrogens with two attached hydrogens (primary N) is 2. The van der Waals surface area contributed by atoms with Crippen LogP contribution in [0.15, 0.2) is 0 Å². The van der Waals surface area contributed by atoms with E-state index in [2.05, 4.69) is 26.6 Å². The first-order valence-electron chi connectivity index (χ1n) is 14.4. The van der Waals surface area contributed by atoms with Crippen LogP contribution in [0.3, 0.4) is 0 Å². The number of aliphatic carboxylic acids is 1. The summed E-state index contributed by atoms with van der Waals surface area (Å²) in [5, 5.41) is 20.9. The first kappa shape index (κ1) is 37.7. The molecule has 17 nitrogen and oxygen atoms in total. The largest absolute Gasteiger partial charge is 0.480 e. The summed E-state index contributed by atoms with van der Waals surface area (Å²) in [6, 6.07) is -6.63. The second-order valence-corrected chi connectivity index (χ2v) is 11.5.